The van der Waals surface area contributed by atoms with Gasteiger partial charge < -0.3 is 24.8 Å². The molecule has 38 heavy (non-hydrogen) atoms. The first kappa shape index (κ1) is 27.2. The van der Waals surface area contributed by atoms with Crippen molar-refractivity contribution in [3.63, 3.8) is 0 Å². The third-order valence-electron chi connectivity index (χ3n) is 6.07. The molecule has 11 heteroatoms. The molecule has 1 aliphatic carbocycles. The summed E-state index contributed by atoms with van der Waals surface area (Å²) >= 11 is 0. The highest BCUT2D eigenvalue weighted by Gasteiger charge is 2.30. The first-order chi connectivity index (χ1) is 18.0. The van der Waals surface area contributed by atoms with Crippen molar-refractivity contribution in [1.82, 2.24) is 19.9 Å². The number of aromatic nitrogens is 3. The number of nitrogens with zero attached hydrogens (tertiary/aromatic N) is 3. The van der Waals surface area contributed by atoms with Crippen LogP contribution in [0.1, 0.15) is 75.8 Å². The van der Waals surface area contributed by atoms with Crippen LogP contribution in [0.2, 0.25) is 0 Å². The minimum atomic E-state index is -0.567. The van der Waals surface area contributed by atoms with E-state index in [1.807, 2.05) is 27.7 Å². The number of amides is 1. The fourth-order valence-electron chi connectivity index (χ4n) is 4.40. The predicted octanol–water partition coefficient (Wildman–Crippen LogP) is 5.04. The van der Waals surface area contributed by atoms with Crippen LogP contribution in [0.5, 0.6) is 5.75 Å². The fourth-order valence-corrected chi connectivity index (χ4v) is 4.40. The monoisotopic (exact) mass is 527 g/mol. The molecule has 1 aliphatic rings. The van der Waals surface area contributed by atoms with Gasteiger partial charge in [0.15, 0.2) is 5.65 Å². The number of rotatable bonds is 8. The predicted molar refractivity (Wildman–Crippen MR) is 139 cm³/mol. The highest BCUT2D eigenvalue weighted by molar-refractivity contribution is 5.95. The molecule has 0 aliphatic heterocycles. The zero-order chi connectivity index (χ0) is 27.4. The van der Waals surface area contributed by atoms with Crippen LogP contribution in [0.3, 0.4) is 0 Å². The molecular formula is C27H34FN5O5. The van der Waals surface area contributed by atoms with Crippen molar-refractivity contribution in [3.8, 4) is 5.75 Å². The summed E-state index contributed by atoms with van der Waals surface area (Å²) in [6.45, 7) is 9.31. The molecule has 0 bridgehead atoms. The highest BCUT2D eigenvalue weighted by Crippen LogP contribution is 2.32. The largest absolute Gasteiger partial charge is 0.490 e. The van der Waals surface area contributed by atoms with Gasteiger partial charge in [-0.2, -0.15) is 5.10 Å². The van der Waals surface area contributed by atoms with E-state index in [-0.39, 0.29) is 36.2 Å². The van der Waals surface area contributed by atoms with Crippen molar-refractivity contribution in [2.24, 2.45) is 0 Å². The minimum Gasteiger partial charge on any atom is -0.490 e. The Labute approximate surface area is 220 Å². The number of ether oxygens (including phenoxy) is 3. The van der Waals surface area contributed by atoms with Crippen LogP contribution in [-0.2, 0) is 9.47 Å². The Kier molecular flexibility index (Phi) is 8.03. The molecule has 3 aromatic rings. The van der Waals surface area contributed by atoms with E-state index in [1.54, 1.807) is 25.3 Å². The molecule has 4 rings (SSSR count). The van der Waals surface area contributed by atoms with Crippen molar-refractivity contribution in [2.45, 2.75) is 77.7 Å². The van der Waals surface area contributed by atoms with Gasteiger partial charge in [0.05, 0.1) is 18.8 Å². The van der Waals surface area contributed by atoms with Crippen LogP contribution >= 0.6 is 0 Å². The third-order valence-corrected chi connectivity index (χ3v) is 6.07. The van der Waals surface area contributed by atoms with Crippen molar-refractivity contribution < 1.29 is 28.2 Å². The fraction of sp³-hybridized carbons (Fsp3) is 0.481. The van der Waals surface area contributed by atoms with E-state index >= 15 is 0 Å². The normalized spacial score (nSPS) is 18.2. The van der Waals surface area contributed by atoms with Crippen molar-refractivity contribution in [1.29, 1.82) is 0 Å². The van der Waals surface area contributed by atoms with E-state index in [0.717, 1.165) is 12.8 Å². The van der Waals surface area contributed by atoms with E-state index < -0.39 is 17.7 Å². The second kappa shape index (κ2) is 11.2. The molecule has 0 spiro atoms. The Balaban J connectivity index is 1.45. The van der Waals surface area contributed by atoms with Crippen LogP contribution in [0.15, 0.2) is 36.7 Å². The zero-order valence-corrected chi connectivity index (χ0v) is 22.3. The number of carbonyl (C=O) groups is 2. The lowest BCUT2D eigenvalue weighted by Crippen LogP contribution is -2.38. The van der Waals surface area contributed by atoms with E-state index in [4.69, 9.17) is 14.2 Å². The molecule has 2 aromatic heterocycles. The molecule has 3 atom stereocenters. The topological polar surface area (TPSA) is 116 Å². The summed E-state index contributed by atoms with van der Waals surface area (Å²) in [5.41, 5.74) is 0.664. The Morgan fingerprint density at radius 1 is 1.24 bits per heavy atom. The molecule has 204 valence electrons. The van der Waals surface area contributed by atoms with Gasteiger partial charge in [0.2, 0.25) is 0 Å². The molecule has 10 nitrogen and oxygen atoms in total. The highest BCUT2D eigenvalue weighted by atomic mass is 19.1. The summed E-state index contributed by atoms with van der Waals surface area (Å²) in [6, 6.07) is 5.69. The summed E-state index contributed by atoms with van der Waals surface area (Å²) in [5, 5.41) is 10.3. The Hall–Kier alpha value is -3.89. The second-order valence-corrected chi connectivity index (χ2v) is 10.3. The molecular weight excluding hydrogens is 493 g/mol. The van der Waals surface area contributed by atoms with Crippen LogP contribution in [0, 0.1) is 5.82 Å². The number of hydrogen-bond donors (Lipinski definition) is 2. The average molecular weight is 528 g/mol. The van der Waals surface area contributed by atoms with Gasteiger partial charge in [-0.25, -0.2) is 23.5 Å². The van der Waals surface area contributed by atoms with Gasteiger partial charge in [0.1, 0.15) is 34.7 Å². The lowest BCUT2D eigenvalue weighted by atomic mass is 10.1. The maximum absolute atomic E-state index is 14.3. The lowest BCUT2D eigenvalue weighted by molar-refractivity contribution is 0.0498. The number of alkyl carbamates (subject to hydrolysis) is 1. The summed E-state index contributed by atoms with van der Waals surface area (Å²) in [5.74, 6) is 0.137. The SMILES string of the molecule is CCOC(=O)c1cnn2ccc(N[C@H](C)c3cc(F)ccc3O[C@H]3CC[C@@H](NC(=O)OC(C)(C)C)C3)nc12. The molecule has 1 aromatic carbocycles. The number of hydrogen-bond acceptors (Lipinski definition) is 8. The van der Waals surface area contributed by atoms with E-state index in [1.165, 1.54) is 22.8 Å². The van der Waals surface area contributed by atoms with Crippen LogP contribution < -0.4 is 15.4 Å². The molecule has 2 heterocycles. The first-order valence-corrected chi connectivity index (χ1v) is 12.8. The number of anilines is 1. The summed E-state index contributed by atoms with van der Waals surface area (Å²) in [6.07, 6.45) is 4.63. The van der Waals surface area contributed by atoms with Crippen LogP contribution in [0.25, 0.3) is 5.65 Å². The van der Waals surface area contributed by atoms with Gasteiger partial charge in [-0.15, -0.1) is 0 Å². The maximum Gasteiger partial charge on any atom is 0.407 e. The summed E-state index contributed by atoms with van der Waals surface area (Å²) in [7, 11) is 0. The summed E-state index contributed by atoms with van der Waals surface area (Å²) in [4.78, 5) is 28.9. The standard InChI is InChI=1S/C27H34FN5O5/c1-6-36-25(34)21-15-29-33-12-11-23(32-24(21)33)30-16(2)20-13-17(28)7-10-22(20)37-19-9-8-18(14-19)31-26(35)38-27(3,4)5/h7,10-13,15-16,18-19H,6,8-9,14H2,1-5H3,(H,30,32)(H,31,35)/t16-,18-,19+/m1/s1. The van der Waals surface area contributed by atoms with Gasteiger partial charge in [-0.05, 0) is 71.7 Å². The minimum absolute atomic E-state index is 0.0607. The molecule has 1 fully saturated rings. The van der Waals surface area contributed by atoms with Crippen molar-refractivity contribution >= 4 is 23.5 Å². The van der Waals surface area contributed by atoms with Crippen LogP contribution in [0.4, 0.5) is 15.0 Å². The quantitative estimate of drug-likeness (QED) is 0.391. The molecule has 0 radical (unpaired) electrons. The van der Waals surface area contributed by atoms with Crippen LogP contribution in [-0.4, -0.2) is 51.0 Å². The first-order valence-electron chi connectivity index (χ1n) is 12.8. The maximum atomic E-state index is 14.3. The van der Waals surface area contributed by atoms with Gasteiger partial charge in [0, 0.05) is 24.2 Å². The van der Waals surface area contributed by atoms with Gasteiger partial charge >= 0.3 is 12.1 Å². The zero-order valence-electron chi connectivity index (χ0n) is 22.3. The van der Waals surface area contributed by atoms with E-state index in [2.05, 4.69) is 20.7 Å². The number of esters is 1. The Bertz CT molecular complexity index is 1300. The number of nitrogens with one attached hydrogen (secondary N) is 2. The van der Waals surface area contributed by atoms with E-state index in [9.17, 15) is 14.0 Å². The van der Waals surface area contributed by atoms with Crippen molar-refractivity contribution in [3.05, 3.63) is 53.6 Å². The molecule has 0 saturated heterocycles. The smallest absolute Gasteiger partial charge is 0.407 e. The van der Waals surface area contributed by atoms with E-state index in [0.29, 0.717) is 29.2 Å². The van der Waals surface area contributed by atoms with Gasteiger partial charge in [-0.1, -0.05) is 0 Å². The molecule has 1 saturated carbocycles. The lowest BCUT2D eigenvalue weighted by Gasteiger charge is -2.23. The van der Waals surface area contributed by atoms with Gasteiger partial charge in [-0.3, -0.25) is 0 Å². The number of fused-ring (bicyclic) bond motifs is 1. The summed E-state index contributed by atoms with van der Waals surface area (Å²) < 4.78 is 32.5. The molecule has 0 unspecified atom stereocenters. The average Bonchev–Trinajstić information content (AvgIpc) is 3.45. The Morgan fingerprint density at radius 3 is 2.76 bits per heavy atom. The molecule has 2 N–H and O–H groups in total. The Morgan fingerprint density at radius 2 is 2.03 bits per heavy atom. The number of benzene rings is 1. The molecule has 1 amide bonds. The van der Waals surface area contributed by atoms with Gasteiger partial charge in [0.25, 0.3) is 0 Å². The third kappa shape index (κ3) is 6.70. The van der Waals surface area contributed by atoms with Crippen molar-refractivity contribution in [2.75, 3.05) is 11.9 Å². The number of halogens is 1. The number of carbonyl (C=O) groups excluding carboxylic acids is 2. The second-order valence-electron chi connectivity index (χ2n) is 10.3.